The van der Waals surface area contributed by atoms with Crippen LogP contribution in [0.5, 0.6) is 0 Å². The molecule has 0 spiro atoms. The maximum Gasteiger partial charge on any atom is 0.315 e. The number of nitro groups is 1. The first-order chi connectivity index (χ1) is 11.4. The molecule has 3 atom stereocenters. The Bertz CT molecular complexity index is 574. The molecule has 1 aliphatic carbocycles. The highest BCUT2D eigenvalue weighted by Gasteiger charge is 2.26. The summed E-state index contributed by atoms with van der Waals surface area (Å²) in [6, 6.07) is 4.01. The van der Waals surface area contributed by atoms with E-state index >= 15 is 0 Å². The maximum absolute atomic E-state index is 12.0. The Kier molecular flexibility index (Phi) is 6.10. The van der Waals surface area contributed by atoms with Gasteiger partial charge in [0.2, 0.25) is 0 Å². The van der Waals surface area contributed by atoms with Gasteiger partial charge in [-0.1, -0.05) is 12.8 Å². The van der Waals surface area contributed by atoms with E-state index in [-0.39, 0.29) is 11.7 Å². The highest BCUT2D eigenvalue weighted by molar-refractivity contribution is 5.74. The number of carbonyl (C=O) groups is 1. The normalized spacial score (nSPS) is 17.6. The molecule has 1 saturated carbocycles. The van der Waals surface area contributed by atoms with Crippen LogP contribution in [0.25, 0.3) is 0 Å². The predicted molar refractivity (Wildman–Crippen MR) is 87.4 cm³/mol. The van der Waals surface area contributed by atoms with Crippen molar-refractivity contribution in [3.63, 3.8) is 0 Å². The van der Waals surface area contributed by atoms with Gasteiger partial charge in [0.1, 0.15) is 6.10 Å². The summed E-state index contributed by atoms with van der Waals surface area (Å²) in [5.41, 5.74) is 0.289. The number of hydrogen-bond donors (Lipinski definition) is 4. The smallest absolute Gasteiger partial charge is 0.315 e. The zero-order valence-electron chi connectivity index (χ0n) is 13.5. The van der Waals surface area contributed by atoms with Gasteiger partial charge in [0.05, 0.1) is 17.6 Å². The average molecular weight is 337 g/mol. The molecule has 1 aromatic rings. The third kappa shape index (κ3) is 5.17. The molecule has 132 valence electrons. The molecule has 0 aliphatic heterocycles. The third-order valence-corrected chi connectivity index (χ3v) is 4.10. The van der Waals surface area contributed by atoms with Crippen LogP contribution in [-0.2, 0) is 0 Å². The third-order valence-electron chi connectivity index (χ3n) is 4.10. The average Bonchev–Trinajstić information content (AvgIpc) is 3.35. The fraction of sp³-hybridized carbons (Fsp3) is 0.562. The van der Waals surface area contributed by atoms with Gasteiger partial charge in [0.25, 0.3) is 5.69 Å². The molecule has 0 bridgehead atoms. The van der Waals surface area contributed by atoms with Gasteiger partial charge in [-0.2, -0.15) is 0 Å². The van der Waals surface area contributed by atoms with E-state index in [1.807, 2.05) is 6.92 Å². The van der Waals surface area contributed by atoms with Crippen LogP contribution in [0, 0.1) is 16.0 Å². The molecular weight excluding hydrogens is 314 g/mol. The van der Waals surface area contributed by atoms with E-state index in [4.69, 9.17) is 0 Å². The van der Waals surface area contributed by atoms with E-state index in [0.29, 0.717) is 11.5 Å². The molecule has 24 heavy (non-hydrogen) atoms. The lowest BCUT2D eigenvalue weighted by Gasteiger charge is -2.24. The Hall–Kier alpha value is -2.19. The Morgan fingerprint density at radius 2 is 1.96 bits per heavy atom. The van der Waals surface area contributed by atoms with E-state index in [2.05, 4.69) is 10.6 Å². The number of rotatable bonds is 8. The monoisotopic (exact) mass is 337 g/mol. The van der Waals surface area contributed by atoms with Gasteiger partial charge in [-0.05, 0) is 37.0 Å². The van der Waals surface area contributed by atoms with Gasteiger partial charge in [-0.25, -0.2) is 4.79 Å². The van der Waals surface area contributed by atoms with E-state index in [1.54, 1.807) is 0 Å². The fourth-order valence-corrected chi connectivity index (χ4v) is 2.60. The van der Waals surface area contributed by atoms with Crippen LogP contribution in [0.15, 0.2) is 24.3 Å². The van der Waals surface area contributed by atoms with Crippen molar-refractivity contribution < 1.29 is 19.9 Å². The SMILES string of the molecule is CC(CC1CC1)NC(=O)NC(CO)C(O)c1ccc([N+](=O)[O-])cc1. The molecule has 0 saturated heterocycles. The van der Waals surface area contributed by atoms with Crippen LogP contribution in [0.4, 0.5) is 10.5 Å². The predicted octanol–water partition coefficient (Wildman–Crippen LogP) is 1.48. The van der Waals surface area contributed by atoms with Crippen molar-refractivity contribution in [2.24, 2.45) is 5.92 Å². The van der Waals surface area contributed by atoms with E-state index in [9.17, 15) is 25.1 Å². The molecule has 4 N–H and O–H groups in total. The number of urea groups is 1. The molecule has 8 nitrogen and oxygen atoms in total. The number of nitrogens with zero attached hydrogens (tertiary/aromatic N) is 1. The van der Waals surface area contributed by atoms with Crippen molar-refractivity contribution in [3.8, 4) is 0 Å². The second-order valence-corrected chi connectivity index (χ2v) is 6.28. The van der Waals surface area contributed by atoms with Gasteiger partial charge < -0.3 is 20.8 Å². The largest absolute Gasteiger partial charge is 0.394 e. The first-order valence-corrected chi connectivity index (χ1v) is 8.01. The number of hydrogen-bond acceptors (Lipinski definition) is 5. The zero-order chi connectivity index (χ0) is 17.7. The van der Waals surface area contributed by atoms with E-state index in [0.717, 1.165) is 6.42 Å². The first-order valence-electron chi connectivity index (χ1n) is 8.01. The minimum Gasteiger partial charge on any atom is -0.394 e. The number of aliphatic hydroxyl groups is 2. The molecule has 1 aliphatic rings. The Balaban J connectivity index is 1.90. The number of amides is 2. The van der Waals surface area contributed by atoms with Gasteiger partial charge in [-0.15, -0.1) is 0 Å². The Labute approximate surface area is 140 Å². The summed E-state index contributed by atoms with van der Waals surface area (Å²) in [5.74, 6) is 0.680. The first kappa shape index (κ1) is 18.2. The van der Waals surface area contributed by atoms with Crippen molar-refractivity contribution in [1.82, 2.24) is 10.6 Å². The van der Waals surface area contributed by atoms with Crippen molar-refractivity contribution in [2.45, 2.75) is 44.4 Å². The van der Waals surface area contributed by atoms with Crippen LogP contribution < -0.4 is 10.6 Å². The van der Waals surface area contributed by atoms with E-state index in [1.165, 1.54) is 37.1 Å². The van der Waals surface area contributed by atoms with Gasteiger partial charge in [0.15, 0.2) is 0 Å². The summed E-state index contributed by atoms with van der Waals surface area (Å²) >= 11 is 0. The van der Waals surface area contributed by atoms with Crippen LogP contribution in [0.1, 0.15) is 37.9 Å². The minimum absolute atomic E-state index is 0.0216. The summed E-state index contributed by atoms with van der Waals surface area (Å²) in [6.45, 7) is 1.46. The van der Waals surface area contributed by atoms with Crippen molar-refractivity contribution in [2.75, 3.05) is 6.61 Å². The molecule has 0 heterocycles. The molecule has 1 aromatic carbocycles. The van der Waals surface area contributed by atoms with Crippen LogP contribution in [0.2, 0.25) is 0 Å². The maximum atomic E-state index is 12.0. The molecular formula is C16H23N3O5. The van der Waals surface area contributed by atoms with Gasteiger partial charge >= 0.3 is 6.03 Å². The van der Waals surface area contributed by atoms with Crippen molar-refractivity contribution in [1.29, 1.82) is 0 Å². The van der Waals surface area contributed by atoms with E-state index < -0.39 is 29.7 Å². The summed E-state index contributed by atoms with van der Waals surface area (Å²) in [7, 11) is 0. The molecule has 0 radical (unpaired) electrons. The van der Waals surface area contributed by atoms with Crippen LogP contribution >= 0.6 is 0 Å². The molecule has 0 aromatic heterocycles. The summed E-state index contributed by atoms with van der Waals surface area (Å²) in [5, 5.41) is 35.7. The highest BCUT2D eigenvalue weighted by Crippen LogP contribution is 2.33. The van der Waals surface area contributed by atoms with Crippen molar-refractivity contribution >= 4 is 11.7 Å². The number of nitro benzene ring substituents is 1. The zero-order valence-corrected chi connectivity index (χ0v) is 13.5. The van der Waals surface area contributed by atoms with Gasteiger partial charge in [0, 0.05) is 18.2 Å². The lowest BCUT2D eigenvalue weighted by molar-refractivity contribution is -0.384. The second-order valence-electron chi connectivity index (χ2n) is 6.28. The molecule has 8 heteroatoms. The Morgan fingerprint density at radius 1 is 1.33 bits per heavy atom. The number of benzene rings is 1. The lowest BCUT2D eigenvalue weighted by Crippen LogP contribution is -2.49. The Morgan fingerprint density at radius 3 is 2.46 bits per heavy atom. The molecule has 2 rings (SSSR count). The van der Waals surface area contributed by atoms with Crippen LogP contribution in [-0.4, -0.2) is 39.9 Å². The summed E-state index contributed by atoms with van der Waals surface area (Å²) in [6.07, 6.45) is 2.15. The van der Waals surface area contributed by atoms with Crippen LogP contribution in [0.3, 0.4) is 0 Å². The molecule has 2 amide bonds. The van der Waals surface area contributed by atoms with Gasteiger partial charge in [-0.3, -0.25) is 10.1 Å². The number of nitrogens with one attached hydrogen (secondary N) is 2. The number of aliphatic hydroxyl groups excluding tert-OH is 2. The number of carbonyl (C=O) groups excluding carboxylic acids is 1. The topological polar surface area (TPSA) is 125 Å². The van der Waals surface area contributed by atoms with Crippen molar-refractivity contribution in [3.05, 3.63) is 39.9 Å². The number of non-ortho nitro benzene ring substituents is 1. The quantitative estimate of drug-likeness (QED) is 0.422. The highest BCUT2D eigenvalue weighted by atomic mass is 16.6. The fourth-order valence-electron chi connectivity index (χ4n) is 2.60. The lowest BCUT2D eigenvalue weighted by atomic mass is 10.0. The second kappa shape index (κ2) is 8.07. The molecule has 3 unspecified atom stereocenters. The molecule has 1 fully saturated rings. The summed E-state index contributed by atoms with van der Waals surface area (Å²) < 4.78 is 0. The summed E-state index contributed by atoms with van der Waals surface area (Å²) in [4.78, 5) is 22.1. The minimum atomic E-state index is -1.17. The standard InChI is InChI=1S/C16H23N3O5/c1-10(8-11-2-3-11)17-16(22)18-14(9-20)15(21)12-4-6-13(7-5-12)19(23)24/h4-7,10-11,14-15,20-21H,2-3,8-9H2,1H3,(H2,17,18,22).